The molecule has 2 unspecified atom stereocenters. The number of hydrogen-bond acceptors (Lipinski definition) is 8. The van der Waals surface area contributed by atoms with Crippen molar-refractivity contribution in [1.29, 1.82) is 0 Å². The number of nitrogens with one attached hydrogen (secondary N) is 2. The zero-order valence-electron chi connectivity index (χ0n) is 11.9. The average Bonchev–Trinajstić information content (AvgIpc) is 2.80. The Bertz CT molecular complexity index is 580. The molecule has 2 atom stereocenters. The molecular weight excluding hydrogens is 459 g/mol. The third kappa shape index (κ3) is 10.3. The van der Waals surface area contributed by atoms with Gasteiger partial charge in [-0.1, -0.05) is 8.64 Å². The molecule has 1 radical (unpaired) electrons. The molecule has 23 heavy (non-hydrogen) atoms. The van der Waals surface area contributed by atoms with Crippen molar-refractivity contribution in [2.75, 3.05) is 23.0 Å². The van der Waals surface area contributed by atoms with Crippen LogP contribution >= 0.6 is 24.4 Å². The Hall–Kier alpha value is 0.639. The van der Waals surface area contributed by atoms with Crippen molar-refractivity contribution in [1.82, 2.24) is 10.6 Å². The van der Waals surface area contributed by atoms with E-state index in [1.54, 1.807) is 0 Å². The Balaban J connectivity index is 0.000000403. The largest absolute Gasteiger partial charge is 2.00 e. The van der Waals surface area contributed by atoms with E-state index in [1.165, 1.54) is 0 Å². The second kappa shape index (κ2) is 9.95. The predicted molar refractivity (Wildman–Crippen MR) is 100 cm³/mol. The van der Waals surface area contributed by atoms with Gasteiger partial charge in [-0.05, 0) is 12.8 Å². The quantitative estimate of drug-likeness (QED) is 0.300. The molecule has 2 rings (SSSR count). The Labute approximate surface area is 169 Å². The van der Waals surface area contributed by atoms with Gasteiger partial charge in [0.05, 0.1) is 23.0 Å². The summed E-state index contributed by atoms with van der Waals surface area (Å²) in [6.07, 6.45) is 1.25. The van der Waals surface area contributed by atoms with E-state index >= 15 is 0 Å². The molecule has 0 spiro atoms. The smallest absolute Gasteiger partial charge is 0.412 e. The summed E-state index contributed by atoms with van der Waals surface area (Å²) in [4.78, 5) is 0. The molecule has 13 heteroatoms. The van der Waals surface area contributed by atoms with E-state index in [2.05, 4.69) is 60.3 Å². The zero-order chi connectivity index (χ0) is 17.0. The van der Waals surface area contributed by atoms with Gasteiger partial charge in [-0.15, -0.1) is 0 Å². The third-order valence-corrected chi connectivity index (χ3v) is 7.12. The minimum Gasteiger partial charge on any atom is -0.412 e. The van der Waals surface area contributed by atoms with Crippen LogP contribution in [0.4, 0.5) is 0 Å². The summed E-state index contributed by atoms with van der Waals surface area (Å²) < 4.78 is 44.1. The Morgan fingerprint density at radius 1 is 0.826 bits per heavy atom. The van der Waals surface area contributed by atoms with Crippen LogP contribution in [0.3, 0.4) is 0 Å². The maximum Gasteiger partial charge on any atom is 2.00 e. The molecule has 2 heterocycles. The molecule has 2 fully saturated rings. The van der Waals surface area contributed by atoms with E-state index in [0.717, 1.165) is 0 Å². The van der Waals surface area contributed by atoms with Crippen molar-refractivity contribution in [2.45, 2.75) is 24.9 Å². The molecule has 2 N–H and O–H groups in total. The topological polar surface area (TPSA) is 92.3 Å². The fraction of sp³-hybridized carbons (Fsp3) is 0.800. The van der Waals surface area contributed by atoms with Crippen LogP contribution in [0.15, 0.2) is 0 Å². The molecule has 6 nitrogen and oxygen atoms in total. The summed E-state index contributed by atoms with van der Waals surface area (Å²) in [6, 6.07) is -0.102. The third-order valence-electron chi connectivity index (χ3n) is 3.11. The summed E-state index contributed by atoms with van der Waals surface area (Å²) in [5, 5.41) is 5.53. The van der Waals surface area contributed by atoms with Gasteiger partial charge in [-0.2, -0.15) is 0 Å². The van der Waals surface area contributed by atoms with Crippen molar-refractivity contribution in [3.63, 3.8) is 0 Å². The first-order chi connectivity index (χ1) is 9.99. The molecule has 0 aromatic carbocycles. The minimum absolute atomic E-state index is 0. The average molecular weight is 476 g/mol. The predicted octanol–water partition coefficient (Wildman–Crippen LogP) is -0.813. The number of hydrogen-bond donors (Lipinski definition) is 2. The van der Waals surface area contributed by atoms with Crippen LogP contribution in [0.2, 0.25) is 0 Å². The summed E-state index contributed by atoms with van der Waals surface area (Å²) in [5.41, 5.74) is 0. The van der Waals surface area contributed by atoms with Crippen LogP contribution in [0, 0.1) is 0 Å². The molecular formula is C10H16MnN2O4S6. The van der Waals surface area contributed by atoms with E-state index < -0.39 is 19.7 Å². The van der Waals surface area contributed by atoms with E-state index in [0.29, 0.717) is 12.8 Å². The molecule has 2 aliphatic heterocycles. The molecule has 0 bridgehead atoms. The van der Waals surface area contributed by atoms with Gasteiger partial charge in [-0.25, -0.2) is 16.8 Å². The van der Waals surface area contributed by atoms with E-state index in [-0.39, 0.29) is 60.8 Å². The normalized spacial score (nSPS) is 27.0. The second-order valence-corrected chi connectivity index (χ2v) is 11.7. The first-order valence-electron chi connectivity index (χ1n) is 6.35. The summed E-state index contributed by atoms with van der Waals surface area (Å²) in [6.45, 7) is 0. The van der Waals surface area contributed by atoms with Crippen molar-refractivity contribution in [2.24, 2.45) is 0 Å². The van der Waals surface area contributed by atoms with Gasteiger partial charge in [-0.3, -0.25) is 0 Å². The molecule has 2 aliphatic rings. The molecule has 0 saturated carbocycles. The van der Waals surface area contributed by atoms with Gasteiger partial charge in [0.1, 0.15) is 0 Å². The first-order valence-corrected chi connectivity index (χ1v) is 11.6. The first kappa shape index (κ1) is 23.6. The number of rotatable bonds is 2. The van der Waals surface area contributed by atoms with Gasteiger partial charge >= 0.3 is 17.1 Å². The Kier molecular flexibility index (Phi) is 10.2. The van der Waals surface area contributed by atoms with Gasteiger partial charge in [0.2, 0.25) is 0 Å². The molecule has 0 amide bonds. The SMILES string of the molecule is O=S1(=O)CCC(NC(=S)[S-])C1.O=S1(=O)CCC(NC(=S)[S-])C1.[Mn+2]. The van der Waals surface area contributed by atoms with Crippen molar-refractivity contribution < 1.29 is 33.9 Å². The molecule has 0 aromatic rings. The molecule has 133 valence electrons. The fourth-order valence-corrected chi connectivity index (χ4v) is 6.16. The van der Waals surface area contributed by atoms with Crippen molar-refractivity contribution >= 4 is 78.0 Å². The Morgan fingerprint density at radius 2 is 1.13 bits per heavy atom. The monoisotopic (exact) mass is 475 g/mol. The summed E-state index contributed by atoms with van der Waals surface area (Å²) >= 11 is 18.5. The van der Waals surface area contributed by atoms with E-state index in [4.69, 9.17) is 0 Å². The zero-order valence-corrected chi connectivity index (χ0v) is 17.9. The maximum absolute atomic E-state index is 10.9. The van der Waals surface area contributed by atoms with Crippen molar-refractivity contribution in [3.8, 4) is 0 Å². The van der Waals surface area contributed by atoms with Gasteiger partial charge in [0.25, 0.3) is 0 Å². The van der Waals surface area contributed by atoms with Crippen LogP contribution < -0.4 is 10.6 Å². The Morgan fingerprint density at radius 3 is 1.30 bits per heavy atom. The van der Waals surface area contributed by atoms with Crippen LogP contribution in [-0.2, 0) is 62.0 Å². The van der Waals surface area contributed by atoms with Gasteiger partial charge < -0.3 is 60.3 Å². The van der Waals surface area contributed by atoms with Crippen LogP contribution in [0.25, 0.3) is 0 Å². The molecule has 2 saturated heterocycles. The fourth-order valence-electron chi connectivity index (χ4n) is 2.15. The summed E-state index contributed by atoms with van der Waals surface area (Å²) in [7, 11) is -5.62. The van der Waals surface area contributed by atoms with Crippen molar-refractivity contribution in [3.05, 3.63) is 0 Å². The van der Waals surface area contributed by atoms with Gasteiger partial charge in [0.15, 0.2) is 19.7 Å². The number of thiocarbonyl (C=S) groups is 2. The van der Waals surface area contributed by atoms with E-state index in [1.807, 2.05) is 0 Å². The van der Waals surface area contributed by atoms with Gasteiger partial charge in [0, 0.05) is 12.1 Å². The second-order valence-electron chi connectivity index (χ2n) is 5.06. The summed E-state index contributed by atoms with van der Waals surface area (Å²) in [5.74, 6) is 0.846. The molecule has 0 aliphatic carbocycles. The van der Waals surface area contributed by atoms with Crippen LogP contribution in [-0.4, -0.2) is 60.6 Å². The van der Waals surface area contributed by atoms with Crippen LogP contribution in [0.5, 0.6) is 0 Å². The maximum atomic E-state index is 10.9. The standard InChI is InChI=1S/2C5H9NO2S3.Mn/c2*7-11(8)2-1-4(3-11)6-5(9)10;/h2*4H,1-3H2,(H2,6,9,10);/q;;+2/p-2. The minimum atomic E-state index is -2.81. The van der Waals surface area contributed by atoms with E-state index in [9.17, 15) is 16.8 Å². The number of sulfone groups is 2. The van der Waals surface area contributed by atoms with Crippen LogP contribution in [0.1, 0.15) is 12.8 Å². The molecule has 0 aromatic heterocycles.